The number of aliphatic hydroxyl groups excluding tert-OH is 1. The van der Waals surface area contributed by atoms with E-state index in [1.54, 1.807) is 55.5 Å². The van der Waals surface area contributed by atoms with Crippen molar-refractivity contribution in [2.75, 3.05) is 5.32 Å². The quantitative estimate of drug-likeness (QED) is 0.740. The second-order valence-corrected chi connectivity index (χ2v) is 6.08. The molecule has 3 aromatic rings. The summed E-state index contributed by atoms with van der Waals surface area (Å²) in [5.74, 6) is -0.633. The van der Waals surface area contributed by atoms with Crippen molar-refractivity contribution >= 4 is 23.2 Å². The van der Waals surface area contributed by atoms with Gasteiger partial charge in [-0.1, -0.05) is 35.9 Å². The van der Waals surface area contributed by atoms with Gasteiger partial charge < -0.3 is 10.4 Å². The van der Waals surface area contributed by atoms with Crippen LogP contribution in [0.1, 0.15) is 21.7 Å². The van der Waals surface area contributed by atoms with Crippen LogP contribution >= 0.6 is 11.6 Å². The smallest absolute Gasteiger partial charge is 0.280 e. The van der Waals surface area contributed by atoms with Gasteiger partial charge in [-0.25, -0.2) is 4.68 Å². The average molecular weight is 370 g/mol. The molecule has 0 aliphatic carbocycles. The van der Waals surface area contributed by atoms with Gasteiger partial charge in [0.05, 0.1) is 17.3 Å². The Morgan fingerprint density at radius 3 is 2.69 bits per heavy atom. The Hall–Kier alpha value is -2.96. The molecule has 0 spiro atoms. The lowest BCUT2D eigenvalue weighted by molar-refractivity contribution is 0.101. The van der Waals surface area contributed by atoms with E-state index in [1.165, 1.54) is 10.7 Å². The van der Waals surface area contributed by atoms with Gasteiger partial charge in [0.15, 0.2) is 5.69 Å². The highest BCUT2D eigenvalue weighted by molar-refractivity contribution is 6.32. The molecule has 1 aromatic heterocycles. The van der Waals surface area contributed by atoms with Crippen LogP contribution in [0.5, 0.6) is 0 Å². The molecule has 0 saturated carbocycles. The van der Waals surface area contributed by atoms with Crippen LogP contribution in [-0.2, 0) is 6.61 Å². The van der Waals surface area contributed by atoms with Gasteiger partial charge in [-0.05, 0) is 36.8 Å². The van der Waals surface area contributed by atoms with Crippen molar-refractivity contribution in [1.29, 1.82) is 0 Å². The molecule has 0 atom stereocenters. The van der Waals surface area contributed by atoms with Crippen LogP contribution in [0, 0.1) is 6.92 Å². The molecule has 6 nitrogen and oxygen atoms in total. The molecule has 2 N–H and O–H groups in total. The van der Waals surface area contributed by atoms with Crippen LogP contribution in [-0.4, -0.2) is 20.8 Å². The second kappa shape index (κ2) is 7.51. The molecule has 7 heteroatoms. The van der Waals surface area contributed by atoms with Crippen molar-refractivity contribution in [2.45, 2.75) is 13.5 Å². The maximum absolute atomic E-state index is 12.5. The van der Waals surface area contributed by atoms with E-state index in [2.05, 4.69) is 10.4 Å². The molecule has 0 saturated heterocycles. The standard InChI is InChI=1S/C19H16ClN3O3/c1-12-9-17(25)18(22-23(12)16-8-3-2-7-15(16)20)19(26)21-14-6-4-5-13(10-14)11-24/h2-10,24H,11H2,1H3,(H,21,26). The Kier molecular flexibility index (Phi) is 5.16. The molecule has 1 amide bonds. The van der Waals surface area contributed by atoms with Gasteiger partial charge in [0.25, 0.3) is 5.91 Å². The van der Waals surface area contributed by atoms with E-state index in [9.17, 15) is 14.7 Å². The number of hydrogen-bond acceptors (Lipinski definition) is 4. The summed E-state index contributed by atoms with van der Waals surface area (Å²) < 4.78 is 1.46. The van der Waals surface area contributed by atoms with Crippen molar-refractivity contribution in [3.63, 3.8) is 0 Å². The van der Waals surface area contributed by atoms with Gasteiger partial charge in [-0.2, -0.15) is 5.10 Å². The minimum absolute atomic E-state index is 0.147. The van der Waals surface area contributed by atoms with Crippen molar-refractivity contribution in [3.8, 4) is 5.69 Å². The number of rotatable bonds is 4. The molecule has 0 radical (unpaired) electrons. The van der Waals surface area contributed by atoms with E-state index >= 15 is 0 Å². The summed E-state index contributed by atoms with van der Waals surface area (Å²) in [5, 5.41) is 16.5. The Balaban J connectivity index is 1.99. The van der Waals surface area contributed by atoms with Crippen LogP contribution in [0.2, 0.25) is 5.02 Å². The van der Waals surface area contributed by atoms with Gasteiger partial charge in [0.1, 0.15) is 0 Å². The topological polar surface area (TPSA) is 84.2 Å². The lowest BCUT2D eigenvalue weighted by atomic mass is 10.2. The summed E-state index contributed by atoms with van der Waals surface area (Å²) >= 11 is 6.20. The number of carbonyl (C=O) groups is 1. The number of hydrogen-bond donors (Lipinski definition) is 2. The highest BCUT2D eigenvalue weighted by atomic mass is 35.5. The molecule has 0 aliphatic heterocycles. The molecule has 1 heterocycles. The summed E-state index contributed by atoms with van der Waals surface area (Å²) in [6.07, 6.45) is 0. The number of carbonyl (C=O) groups excluding carboxylic acids is 1. The van der Waals surface area contributed by atoms with Crippen molar-refractivity contribution < 1.29 is 9.90 Å². The third kappa shape index (κ3) is 3.66. The van der Waals surface area contributed by atoms with E-state index < -0.39 is 11.3 Å². The average Bonchev–Trinajstić information content (AvgIpc) is 2.63. The third-order valence-corrected chi connectivity index (χ3v) is 4.09. The number of nitrogens with one attached hydrogen (secondary N) is 1. The predicted octanol–water partition coefficient (Wildman–Crippen LogP) is 2.94. The van der Waals surface area contributed by atoms with Crippen LogP contribution in [0.15, 0.2) is 59.4 Å². The lowest BCUT2D eigenvalue weighted by Gasteiger charge is -2.12. The molecule has 0 aliphatic rings. The first-order valence-corrected chi connectivity index (χ1v) is 8.24. The van der Waals surface area contributed by atoms with Crippen molar-refractivity contribution in [1.82, 2.24) is 9.78 Å². The fraction of sp³-hybridized carbons (Fsp3) is 0.105. The van der Waals surface area contributed by atoms with Crippen LogP contribution in [0.4, 0.5) is 5.69 Å². The van der Waals surface area contributed by atoms with Gasteiger partial charge in [-0.15, -0.1) is 0 Å². The Labute approximate surface area is 154 Å². The highest BCUT2D eigenvalue weighted by Crippen LogP contribution is 2.20. The number of aromatic nitrogens is 2. The first kappa shape index (κ1) is 17.8. The van der Waals surface area contributed by atoms with Gasteiger partial charge >= 0.3 is 0 Å². The van der Waals surface area contributed by atoms with Gasteiger partial charge in [-0.3, -0.25) is 9.59 Å². The van der Waals surface area contributed by atoms with Gasteiger partial charge in [0, 0.05) is 17.4 Å². The number of para-hydroxylation sites is 1. The molecular formula is C19H16ClN3O3. The molecule has 26 heavy (non-hydrogen) atoms. The monoisotopic (exact) mass is 369 g/mol. The number of halogens is 1. The summed E-state index contributed by atoms with van der Waals surface area (Å²) in [6.45, 7) is 1.57. The van der Waals surface area contributed by atoms with E-state index in [0.717, 1.165) is 0 Å². The van der Waals surface area contributed by atoms with Gasteiger partial charge in [0.2, 0.25) is 5.43 Å². The Morgan fingerprint density at radius 1 is 1.19 bits per heavy atom. The zero-order valence-electron chi connectivity index (χ0n) is 13.9. The molecule has 2 aromatic carbocycles. The summed E-state index contributed by atoms with van der Waals surface area (Å²) in [6, 6.07) is 15.1. The maximum atomic E-state index is 12.5. The summed E-state index contributed by atoms with van der Waals surface area (Å²) in [7, 11) is 0. The highest BCUT2D eigenvalue weighted by Gasteiger charge is 2.16. The molecular weight excluding hydrogens is 354 g/mol. The Morgan fingerprint density at radius 2 is 1.96 bits per heavy atom. The van der Waals surface area contributed by atoms with Crippen LogP contribution in [0.3, 0.4) is 0 Å². The van der Waals surface area contributed by atoms with E-state index in [0.29, 0.717) is 27.7 Å². The first-order valence-electron chi connectivity index (χ1n) is 7.86. The second-order valence-electron chi connectivity index (χ2n) is 5.67. The SMILES string of the molecule is Cc1cc(=O)c(C(=O)Nc2cccc(CO)c2)nn1-c1ccccc1Cl. The molecule has 132 valence electrons. The number of aliphatic hydroxyl groups is 1. The number of aryl methyl sites for hydroxylation is 1. The van der Waals surface area contributed by atoms with Crippen molar-refractivity contribution in [3.05, 3.63) is 86.8 Å². The zero-order chi connectivity index (χ0) is 18.7. The first-order chi connectivity index (χ1) is 12.5. The Bertz CT molecular complexity index is 1030. The zero-order valence-corrected chi connectivity index (χ0v) is 14.7. The number of anilines is 1. The minimum atomic E-state index is -0.633. The summed E-state index contributed by atoms with van der Waals surface area (Å²) in [4.78, 5) is 24.8. The van der Waals surface area contributed by atoms with E-state index in [-0.39, 0.29) is 12.3 Å². The van der Waals surface area contributed by atoms with Crippen LogP contribution < -0.4 is 10.7 Å². The van der Waals surface area contributed by atoms with E-state index in [4.69, 9.17) is 11.6 Å². The largest absolute Gasteiger partial charge is 0.392 e. The fourth-order valence-electron chi connectivity index (χ4n) is 2.51. The number of nitrogens with zero attached hydrogens (tertiary/aromatic N) is 2. The number of benzene rings is 2. The molecule has 3 rings (SSSR count). The lowest BCUT2D eigenvalue weighted by Crippen LogP contribution is -2.27. The molecule has 0 unspecified atom stereocenters. The fourth-order valence-corrected chi connectivity index (χ4v) is 2.73. The van der Waals surface area contributed by atoms with Crippen molar-refractivity contribution in [2.24, 2.45) is 0 Å². The normalized spacial score (nSPS) is 10.6. The minimum Gasteiger partial charge on any atom is -0.392 e. The predicted molar refractivity (Wildman–Crippen MR) is 99.9 cm³/mol. The molecule has 0 bridgehead atoms. The maximum Gasteiger partial charge on any atom is 0.280 e. The van der Waals surface area contributed by atoms with Crippen LogP contribution in [0.25, 0.3) is 5.69 Å². The number of amides is 1. The molecule has 0 fully saturated rings. The van der Waals surface area contributed by atoms with E-state index in [1.807, 2.05) is 0 Å². The summed E-state index contributed by atoms with van der Waals surface area (Å²) in [5.41, 5.74) is 1.51. The third-order valence-electron chi connectivity index (χ3n) is 3.77.